The van der Waals surface area contributed by atoms with Crippen molar-refractivity contribution in [3.8, 4) is 0 Å². The lowest BCUT2D eigenvalue weighted by Crippen LogP contribution is -2.37. The molecule has 22 heavy (non-hydrogen) atoms. The van der Waals surface area contributed by atoms with Crippen LogP contribution in [0.2, 0.25) is 0 Å². The number of carbonyl (C=O) groups excluding carboxylic acids is 2. The van der Waals surface area contributed by atoms with Crippen LogP contribution in [0.3, 0.4) is 0 Å². The minimum absolute atomic E-state index is 0.000948. The number of carbonyl (C=O) groups is 2. The standard InChI is InChI=1S/C18H21NO3/c1-12-7-3-2-4-10-16(20)19-17-14-9-6-5-8-13(14)11-15(17)22-18(12)21/h2-3,5-6,8-9,12,15,17H,4,7,10-11H2,1H3,(H,19,20)/b3-2+/t12-,15+,17-/m1/s1. The summed E-state index contributed by atoms with van der Waals surface area (Å²) >= 11 is 0. The summed E-state index contributed by atoms with van der Waals surface area (Å²) in [6, 6.07) is 7.73. The molecular weight excluding hydrogens is 278 g/mol. The number of benzene rings is 1. The van der Waals surface area contributed by atoms with Crippen LogP contribution >= 0.6 is 0 Å². The lowest BCUT2D eigenvalue weighted by molar-refractivity contribution is -0.155. The van der Waals surface area contributed by atoms with Crippen LogP contribution < -0.4 is 5.32 Å². The summed E-state index contributed by atoms with van der Waals surface area (Å²) in [5.41, 5.74) is 2.21. The van der Waals surface area contributed by atoms with Gasteiger partial charge >= 0.3 is 5.97 Å². The zero-order valence-electron chi connectivity index (χ0n) is 12.7. The number of allylic oxidation sites excluding steroid dienone is 2. The van der Waals surface area contributed by atoms with Gasteiger partial charge in [-0.15, -0.1) is 0 Å². The third kappa shape index (κ3) is 3.06. The maximum atomic E-state index is 12.2. The Kier molecular flexibility index (Phi) is 4.27. The molecule has 0 radical (unpaired) electrons. The van der Waals surface area contributed by atoms with E-state index in [-0.39, 0.29) is 29.9 Å². The molecule has 3 atom stereocenters. The van der Waals surface area contributed by atoms with Crippen LogP contribution in [0.5, 0.6) is 0 Å². The van der Waals surface area contributed by atoms with E-state index in [1.165, 1.54) is 0 Å². The van der Waals surface area contributed by atoms with E-state index in [0.29, 0.717) is 25.7 Å². The minimum atomic E-state index is -0.306. The first-order valence-electron chi connectivity index (χ1n) is 7.88. The Morgan fingerprint density at radius 3 is 2.86 bits per heavy atom. The summed E-state index contributed by atoms with van der Waals surface area (Å²) < 4.78 is 5.70. The van der Waals surface area contributed by atoms with Gasteiger partial charge in [0.25, 0.3) is 0 Å². The second kappa shape index (κ2) is 6.34. The molecule has 0 unspecified atom stereocenters. The van der Waals surface area contributed by atoms with Crippen molar-refractivity contribution in [3.05, 3.63) is 47.5 Å². The number of amides is 1. The molecule has 1 aliphatic heterocycles. The van der Waals surface area contributed by atoms with E-state index >= 15 is 0 Å². The first kappa shape index (κ1) is 14.8. The van der Waals surface area contributed by atoms with Crippen molar-refractivity contribution >= 4 is 11.9 Å². The van der Waals surface area contributed by atoms with Crippen molar-refractivity contribution in [3.63, 3.8) is 0 Å². The molecule has 1 heterocycles. The second-order valence-electron chi connectivity index (χ2n) is 6.07. The van der Waals surface area contributed by atoms with Gasteiger partial charge < -0.3 is 10.1 Å². The summed E-state index contributed by atoms with van der Waals surface area (Å²) in [5, 5.41) is 3.04. The van der Waals surface area contributed by atoms with Crippen molar-refractivity contribution in [1.29, 1.82) is 0 Å². The Hall–Kier alpha value is -2.10. The Balaban J connectivity index is 1.87. The highest BCUT2D eigenvalue weighted by atomic mass is 16.5. The number of hydrogen-bond acceptors (Lipinski definition) is 3. The van der Waals surface area contributed by atoms with Crippen LogP contribution in [0.15, 0.2) is 36.4 Å². The number of fused-ring (bicyclic) bond motifs is 3. The van der Waals surface area contributed by atoms with E-state index in [0.717, 1.165) is 11.1 Å². The van der Waals surface area contributed by atoms with Gasteiger partial charge in [-0.2, -0.15) is 0 Å². The van der Waals surface area contributed by atoms with Gasteiger partial charge in [-0.3, -0.25) is 9.59 Å². The molecule has 1 amide bonds. The molecule has 0 spiro atoms. The van der Waals surface area contributed by atoms with E-state index in [9.17, 15) is 9.59 Å². The molecule has 3 rings (SSSR count). The number of ether oxygens (including phenoxy) is 1. The maximum Gasteiger partial charge on any atom is 0.309 e. The Labute approximate surface area is 130 Å². The van der Waals surface area contributed by atoms with Gasteiger partial charge in [-0.25, -0.2) is 0 Å². The molecule has 1 aromatic carbocycles. The van der Waals surface area contributed by atoms with Crippen molar-refractivity contribution in [2.75, 3.05) is 0 Å². The van der Waals surface area contributed by atoms with Gasteiger partial charge in [0.05, 0.1) is 12.0 Å². The summed E-state index contributed by atoms with van der Waals surface area (Å²) in [6.45, 7) is 1.88. The summed E-state index contributed by atoms with van der Waals surface area (Å²) in [7, 11) is 0. The fourth-order valence-electron chi connectivity index (χ4n) is 3.08. The first-order valence-corrected chi connectivity index (χ1v) is 7.88. The van der Waals surface area contributed by atoms with Crippen LogP contribution in [-0.2, 0) is 20.7 Å². The number of hydrogen-bond donors (Lipinski definition) is 1. The zero-order chi connectivity index (χ0) is 15.5. The zero-order valence-corrected chi connectivity index (χ0v) is 12.7. The highest BCUT2D eigenvalue weighted by molar-refractivity contribution is 5.77. The van der Waals surface area contributed by atoms with E-state index < -0.39 is 0 Å². The maximum absolute atomic E-state index is 12.2. The third-order valence-electron chi connectivity index (χ3n) is 4.36. The second-order valence-corrected chi connectivity index (χ2v) is 6.07. The minimum Gasteiger partial charge on any atom is -0.459 e. The molecule has 0 bridgehead atoms. The predicted octanol–water partition coefficient (Wildman–Crippen LogP) is 2.69. The molecule has 0 saturated carbocycles. The van der Waals surface area contributed by atoms with Crippen LogP contribution in [-0.4, -0.2) is 18.0 Å². The highest BCUT2D eigenvalue weighted by Gasteiger charge is 2.36. The van der Waals surface area contributed by atoms with E-state index in [2.05, 4.69) is 5.32 Å². The molecule has 4 heteroatoms. The monoisotopic (exact) mass is 299 g/mol. The molecule has 0 saturated heterocycles. The lowest BCUT2D eigenvalue weighted by atomic mass is 10.1. The summed E-state index contributed by atoms with van der Waals surface area (Å²) in [5.74, 6) is -0.348. The van der Waals surface area contributed by atoms with Crippen molar-refractivity contribution in [2.24, 2.45) is 5.92 Å². The fourth-order valence-corrected chi connectivity index (χ4v) is 3.08. The molecule has 1 aromatic rings. The molecule has 116 valence electrons. The van der Waals surface area contributed by atoms with Crippen molar-refractivity contribution < 1.29 is 14.3 Å². The number of esters is 1. The van der Waals surface area contributed by atoms with Gasteiger partial charge in [0.1, 0.15) is 6.10 Å². The van der Waals surface area contributed by atoms with Crippen LogP contribution in [0, 0.1) is 5.92 Å². The molecule has 4 nitrogen and oxygen atoms in total. The molecule has 0 aromatic heterocycles. The van der Waals surface area contributed by atoms with Gasteiger partial charge in [-0.1, -0.05) is 43.3 Å². The molecule has 1 N–H and O–H groups in total. The Morgan fingerprint density at radius 2 is 2.00 bits per heavy atom. The van der Waals surface area contributed by atoms with E-state index in [1.54, 1.807) is 0 Å². The smallest absolute Gasteiger partial charge is 0.309 e. The molecular formula is C18H21NO3. The van der Waals surface area contributed by atoms with Crippen LogP contribution in [0.4, 0.5) is 0 Å². The third-order valence-corrected chi connectivity index (χ3v) is 4.36. The number of nitrogens with one attached hydrogen (secondary N) is 1. The largest absolute Gasteiger partial charge is 0.459 e. The van der Waals surface area contributed by atoms with E-state index in [4.69, 9.17) is 4.74 Å². The summed E-state index contributed by atoms with van der Waals surface area (Å²) in [6.07, 6.45) is 6.10. The van der Waals surface area contributed by atoms with Gasteiger partial charge in [0, 0.05) is 12.8 Å². The Bertz CT molecular complexity index is 608. The average Bonchev–Trinajstić information content (AvgIpc) is 2.83. The van der Waals surface area contributed by atoms with Gasteiger partial charge in [0.15, 0.2) is 0 Å². The quantitative estimate of drug-likeness (QED) is 0.592. The normalized spacial score (nSPS) is 30.1. The molecule has 2 aliphatic rings. The first-order chi connectivity index (χ1) is 10.6. The van der Waals surface area contributed by atoms with Crippen molar-refractivity contribution in [2.45, 2.75) is 44.8 Å². The molecule has 0 fully saturated rings. The highest BCUT2D eigenvalue weighted by Crippen LogP contribution is 2.34. The van der Waals surface area contributed by atoms with E-state index in [1.807, 2.05) is 43.3 Å². The van der Waals surface area contributed by atoms with Crippen LogP contribution in [0.25, 0.3) is 0 Å². The van der Waals surface area contributed by atoms with Crippen LogP contribution in [0.1, 0.15) is 43.4 Å². The lowest BCUT2D eigenvalue weighted by Gasteiger charge is -2.24. The van der Waals surface area contributed by atoms with Crippen molar-refractivity contribution in [1.82, 2.24) is 5.32 Å². The SMILES string of the molecule is C[C@@H]1C/C=C/CCC(=O)N[C@@H]2c3ccccc3C[C@@H]2OC1=O. The summed E-state index contributed by atoms with van der Waals surface area (Å²) in [4.78, 5) is 24.3. The van der Waals surface area contributed by atoms with Gasteiger partial charge in [0.2, 0.25) is 5.91 Å². The number of rotatable bonds is 0. The molecule has 1 aliphatic carbocycles. The fraction of sp³-hybridized carbons (Fsp3) is 0.444. The van der Waals surface area contributed by atoms with Gasteiger partial charge in [-0.05, 0) is 24.0 Å². The topological polar surface area (TPSA) is 55.4 Å². The average molecular weight is 299 g/mol. The Morgan fingerprint density at radius 1 is 1.18 bits per heavy atom. The predicted molar refractivity (Wildman–Crippen MR) is 83.1 cm³/mol.